The monoisotopic (exact) mass is 285 g/mol. The number of hydrogen-bond donors (Lipinski definition) is 1. The molecule has 2 nitrogen and oxygen atoms in total. The van der Waals surface area contributed by atoms with E-state index in [4.69, 9.17) is 33.7 Å². The molecular formula is C10H11Cl3FNO. The first kappa shape index (κ1) is 15.5. The van der Waals surface area contributed by atoms with Gasteiger partial charge in [0.2, 0.25) is 0 Å². The number of rotatable bonds is 4. The molecule has 0 heterocycles. The minimum absolute atomic E-state index is 0. The second-order valence-corrected chi connectivity index (χ2v) is 3.65. The van der Waals surface area contributed by atoms with Gasteiger partial charge in [-0.05, 0) is 24.3 Å². The van der Waals surface area contributed by atoms with Gasteiger partial charge in [0.05, 0.1) is 0 Å². The van der Waals surface area contributed by atoms with Crippen molar-refractivity contribution < 1.29 is 9.13 Å². The highest BCUT2D eigenvalue weighted by Gasteiger charge is 2.00. The molecule has 1 rings (SSSR count). The van der Waals surface area contributed by atoms with Crippen molar-refractivity contribution in [2.45, 2.75) is 0 Å². The van der Waals surface area contributed by atoms with E-state index in [1.807, 2.05) is 0 Å². The molecule has 0 unspecified atom stereocenters. The van der Waals surface area contributed by atoms with Gasteiger partial charge in [0.1, 0.15) is 18.2 Å². The van der Waals surface area contributed by atoms with Crippen LogP contribution in [0.15, 0.2) is 30.1 Å². The molecule has 1 aromatic rings. The Labute approximate surface area is 110 Å². The van der Waals surface area contributed by atoms with Gasteiger partial charge in [0.25, 0.3) is 0 Å². The first-order valence-electron chi connectivity index (χ1n) is 4.25. The van der Waals surface area contributed by atoms with Crippen molar-refractivity contribution in [3.8, 4) is 5.75 Å². The predicted octanol–water partition coefficient (Wildman–Crippen LogP) is 3.61. The van der Waals surface area contributed by atoms with Crippen molar-refractivity contribution in [3.63, 3.8) is 0 Å². The molecule has 0 amide bonds. The minimum Gasteiger partial charge on any atom is -0.486 e. The molecule has 0 fully saturated rings. The maximum Gasteiger partial charge on any atom is 0.139 e. The number of halogens is 4. The standard InChI is InChI=1S/C10H10Cl2FNO.ClH/c11-7-3-8(12)5-10(4-7)15-6-9(13)1-2-14;/h1,3-5H,2,6,14H2;1H. The maximum absolute atomic E-state index is 12.9. The molecule has 0 aliphatic rings. The largest absolute Gasteiger partial charge is 0.486 e. The molecule has 16 heavy (non-hydrogen) atoms. The zero-order chi connectivity index (χ0) is 11.3. The summed E-state index contributed by atoms with van der Waals surface area (Å²) < 4.78 is 18.0. The van der Waals surface area contributed by atoms with Gasteiger partial charge in [-0.2, -0.15) is 0 Å². The van der Waals surface area contributed by atoms with Crippen LogP contribution in [0.4, 0.5) is 4.39 Å². The van der Waals surface area contributed by atoms with Gasteiger partial charge in [-0.3, -0.25) is 0 Å². The van der Waals surface area contributed by atoms with Gasteiger partial charge < -0.3 is 10.5 Å². The van der Waals surface area contributed by atoms with Crippen molar-refractivity contribution in [3.05, 3.63) is 40.1 Å². The van der Waals surface area contributed by atoms with Gasteiger partial charge in [0.15, 0.2) is 0 Å². The van der Waals surface area contributed by atoms with Crippen LogP contribution >= 0.6 is 35.6 Å². The summed E-state index contributed by atoms with van der Waals surface area (Å²) in [4.78, 5) is 0. The summed E-state index contributed by atoms with van der Waals surface area (Å²) in [5.74, 6) is 0.00155. The summed E-state index contributed by atoms with van der Waals surface area (Å²) in [5.41, 5.74) is 5.13. The van der Waals surface area contributed by atoms with Gasteiger partial charge in [-0.25, -0.2) is 4.39 Å². The van der Waals surface area contributed by atoms with E-state index in [1.54, 1.807) is 18.2 Å². The average molecular weight is 287 g/mol. The molecule has 0 aliphatic carbocycles. The van der Waals surface area contributed by atoms with E-state index in [1.165, 1.54) is 6.08 Å². The Kier molecular flexibility index (Phi) is 7.51. The van der Waals surface area contributed by atoms with Crippen LogP contribution in [0, 0.1) is 0 Å². The molecule has 1 aromatic carbocycles. The lowest BCUT2D eigenvalue weighted by Crippen LogP contribution is -2.01. The van der Waals surface area contributed by atoms with E-state index in [9.17, 15) is 4.39 Å². The number of nitrogens with two attached hydrogens (primary N) is 1. The van der Waals surface area contributed by atoms with E-state index in [2.05, 4.69) is 0 Å². The molecule has 0 aromatic heterocycles. The lowest BCUT2D eigenvalue weighted by Gasteiger charge is -2.05. The predicted molar refractivity (Wildman–Crippen MR) is 67.5 cm³/mol. The molecule has 6 heteroatoms. The maximum atomic E-state index is 12.9. The SMILES string of the molecule is Cl.NCC=C(F)COc1cc(Cl)cc(Cl)c1. The quantitative estimate of drug-likeness (QED) is 0.918. The molecule has 0 saturated heterocycles. The first-order chi connectivity index (χ1) is 7.11. The Morgan fingerprint density at radius 2 is 1.88 bits per heavy atom. The van der Waals surface area contributed by atoms with Crippen LogP contribution in [0.1, 0.15) is 0 Å². The fourth-order valence-corrected chi connectivity index (χ4v) is 1.46. The lowest BCUT2D eigenvalue weighted by atomic mass is 10.3. The zero-order valence-electron chi connectivity index (χ0n) is 8.25. The zero-order valence-corrected chi connectivity index (χ0v) is 10.6. The van der Waals surface area contributed by atoms with E-state index in [0.29, 0.717) is 15.8 Å². The van der Waals surface area contributed by atoms with Gasteiger partial charge >= 0.3 is 0 Å². The molecule has 2 N–H and O–H groups in total. The van der Waals surface area contributed by atoms with Crippen molar-refractivity contribution in [2.75, 3.05) is 13.2 Å². The van der Waals surface area contributed by atoms with E-state index < -0.39 is 5.83 Å². The number of hydrogen-bond acceptors (Lipinski definition) is 2. The topological polar surface area (TPSA) is 35.2 Å². The molecular weight excluding hydrogens is 275 g/mol. The smallest absolute Gasteiger partial charge is 0.139 e. The Morgan fingerprint density at radius 3 is 2.38 bits per heavy atom. The molecule has 0 saturated carbocycles. The van der Waals surface area contributed by atoms with Crippen molar-refractivity contribution in [1.82, 2.24) is 0 Å². The highest BCUT2D eigenvalue weighted by Crippen LogP contribution is 2.24. The molecule has 0 spiro atoms. The molecule has 0 radical (unpaired) electrons. The third-order valence-corrected chi connectivity index (χ3v) is 1.99. The molecule has 90 valence electrons. The number of ether oxygens (including phenoxy) is 1. The van der Waals surface area contributed by atoms with Crippen molar-refractivity contribution in [1.29, 1.82) is 0 Å². The Hall–Kier alpha value is -0.480. The van der Waals surface area contributed by atoms with E-state index >= 15 is 0 Å². The van der Waals surface area contributed by atoms with Crippen LogP contribution in [0.5, 0.6) is 5.75 Å². The van der Waals surface area contributed by atoms with Gasteiger partial charge in [0, 0.05) is 16.6 Å². The fourth-order valence-electron chi connectivity index (χ4n) is 0.951. The average Bonchev–Trinajstić information content (AvgIpc) is 2.14. The highest BCUT2D eigenvalue weighted by molar-refractivity contribution is 6.34. The fraction of sp³-hybridized carbons (Fsp3) is 0.200. The first-order valence-corrected chi connectivity index (χ1v) is 5.01. The molecule has 0 bridgehead atoms. The Morgan fingerprint density at radius 1 is 1.31 bits per heavy atom. The summed E-state index contributed by atoms with van der Waals surface area (Å²) in [6, 6.07) is 4.69. The van der Waals surface area contributed by atoms with Crippen LogP contribution in [-0.4, -0.2) is 13.2 Å². The summed E-state index contributed by atoms with van der Waals surface area (Å²) in [5, 5.41) is 0.890. The third kappa shape index (κ3) is 5.56. The Bertz CT molecular complexity index is 351. The van der Waals surface area contributed by atoms with Crippen molar-refractivity contribution in [2.24, 2.45) is 5.73 Å². The van der Waals surface area contributed by atoms with E-state index in [0.717, 1.165) is 0 Å². The summed E-state index contributed by atoms with van der Waals surface area (Å²) in [7, 11) is 0. The third-order valence-electron chi connectivity index (χ3n) is 1.55. The van der Waals surface area contributed by atoms with Gasteiger partial charge in [-0.15, -0.1) is 12.4 Å². The summed E-state index contributed by atoms with van der Waals surface area (Å²) in [6.45, 7) is -0.0284. The van der Waals surface area contributed by atoms with Crippen LogP contribution in [-0.2, 0) is 0 Å². The van der Waals surface area contributed by atoms with Crippen LogP contribution in [0.3, 0.4) is 0 Å². The van der Waals surface area contributed by atoms with Gasteiger partial charge in [-0.1, -0.05) is 23.2 Å². The second-order valence-electron chi connectivity index (χ2n) is 2.78. The molecule has 0 atom stereocenters. The second kappa shape index (κ2) is 7.74. The normalized spacial score (nSPS) is 10.9. The van der Waals surface area contributed by atoms with Crippen LogP contribution in [0.25, 0.3) is 0 Å². The lowest BCUT2D eigenvalue weighted by molar-refractivity contribution is 0.318. The minimum atomic E-state index is -0.423. The number of benzene rings is 1. The van der Waals surface area contributed by atoms with Crippen LogP contribution in [0.2, 0.25) is 10.0 Å². The molecule has 0 aliphatic heterocycles. The van der Waals surface area contributed by atoms with Crippen molar-refractivity contribution >= 4 is 35.6 Å². The van der Waals surface area contributed by atoms with E-state index in [-0.39, 0.29) is 25.6 Å². The Balaban J connectivity index is 0.00000225. The summed E-state index contributed by atoms with van der Waals surface area (Å²) in [6.07, 6.45) is 1.24. The van der Waals surface area contributed by atoms with Crippen LogP contribution < -0.4 is 10.5 Å². The summed E-state index contributed by atoms with van der Waals surface area (Å²) >= 11 is 11.5. The highest BCUT2D eigenvalue weighted by atomic mass is 35.5.